The van der Waals surface area contributed by atoms with Gasteiger partial charge in [0.2, 0.25) is 5.91 Å². The minimum absolute atomic E-state index is 0.0967. The molecule has 5 aromatic carbocycles. The lowest BCUT2D eigenvalue weighted by Gasteiger charge is -2.14. The molecule has 0 radical (unpaired) electrons. The first kappa shape index (κ1) is 32.4. The monoisotopic (exact) mass is 668 g/mol. The lowest BCUT2D eigenvalue weighted by molar-refractivity contribution is -0.115. The highest BCUT2D eigenvalue weighted by molar-refractivity contribution is 8.00. The van der Waals surface area contributed by atoms with Gasteiger partial charge in [-0.15, -0.1) is 23.1 Å². The number of thiazole rings is 1. The fraction of sp³-hybridized carbons (Fsp3) is 0.0769. The van der Waals surface area contributed by atoms with E-state index in [4.69, 9.17) is 0 Å². The molecule has 1 unspecified atom stereocenters. The summed E-state index contributed by atoms with van der Waals surface area (Å²) in [4.78, 5) is 45.3. The maximum atomic E-state index is 13.7. The first-order valence-electron chi connectivity index (χ1n) is 15.3. The third-order valence-electron chi connectivity index (χ3n) is 7.51. The zero-order chi connectivity index (χ0) is 33.5. The van der Waals surface area contributed by atoms with Crippen LogP contribution >= 0.6 is 23.1 Å². The zero-order valence-electron chi connectivity index (χ0n) is 26.3. The topological polar surface area (TPSA) is 100 Å². The van der Waals surface area contributed by atoms with Crippen LogP contribution in [0.4, 0.5) is 10.8 Å². The average molecular weight is 669 g/mol. The number of fused-ring (bicyclic) bond motifs is 1. The summed E-state index contributed by atoms with van der Waals surface area (Å²) < 4.78 is 0. The van der Waals surface area contributed by atoms with Gasteiger partial charge in [-0.3, -0.25) is 14.4 Å². The highest BCUT2D eigenvalue weighted by Gasteiger charge is 2.19. The molecule has 0 fully saturated rings. The third-order valence-corrected chi connectivity index (χ3v) is 9.36. The van der Waals surface area contributed by atoms with E-state index >= 15 is 0 Å². The van der Waals surface area contributed by atoms with Crippen LogP contribution in [0.15, 0.2) is 137 Å². The summed E-state index contributed by atoms with van der Waals surface area (Å²) in [5.74, 6) is -1.05. The van der Waals surface area contributed by atoms with Crippen LogP contribution in [-0.4, -0.2) is 28.0 Å². The van der Waals surface area contributed by atoms with E-state index in [2.05, 4.69) is 20.9 Å². The normalized spacial score (nSPS) is 11.9. The smallest absolute Gasteiger partial charge is 0.272 e. The highest BCUT2D eigenvalue weighted by Crippen LogP contribution is 2.29. The van der Waals surface area contributed by atoms with Crippen LogP contribution in [0.25, 0.3) is 28.1 Å². The summed E-state index contributed by atoms with van der Waals surface area (Å²) in [6, 6.07) is 37.8. The highest BCUT2D eigenvalue weighted by atomic mass is 32.2. The molecule has 1 heterocycles. The molecule has 6 aromatic rings. The van der Waals surface area contributed by atoms with E-state index in [1.807, 2.05) is 104 Å². The van der Waals surface area contributed by atoms with E-state index in [-0.39, 0.29) is 11.6 Å². The minimum Gasteiger partial charge on any atom is -0.321 e. The second-order valence-electron chi connectivity index (χ2n) is 11.1. The first-order chi connectivity index (χ1) is 23.3. The molecule has 0 spiro atoms. The number of hydrogen-bond acceptors (Lipinski definition) is 6. The van der Waals surface area contributed by atoms with Gasteiger partial charge < -0.3 is 16.0 Å². The molecule has 0 aliphatic rings. The summed E-state index contributed by atoms with van der Waals surface area (Å²) >= 11 is 2.75. The minimum atomic E-state index is -0.478. The molecule has 9 heteroatoms. The second kappa shape index (κ2) is 14.9. The van der Waals surface area contributed by atoms with Crippen molar-refractivity contribution < 1.29 is 14.4 Å². The van der Waals surface area contributed by atoms with E-state index in [1.54, 1.807) is 42.5 Å². The number of anilines is 2. The number of carbonyl (C=O) groups excluding carboxylic acids is 3. The van der Waals surface area contributed by atoms with Gasteiger partial charge in [0, 0.05) is 27.1 Å². The number of aromatic nitrogens is 1. The van der Waals surface area contributed by atoms with Crippen molar-refractivity contribution in [3.63, 3.8) is 0 Å². The van der Waals surface area contributed by atoms with Crippen molar-refractivity contribution in [3.05, 3.63) is 149 Å². The summed E-state index contributed by atoms with van der Waals surface area (Å²) in [5, 5.41) is 12.7. The molecule has 6 rings (SSSR count). The van der Waals surface area contributed by atoms with Crippen LogP contribution in [-0.2, 0) is 9.59 Å². The molecular formula is C39H32N4O3S2. The van der Waals surface area contributed by atoms with Crippen molar-refractivity contribution in [3.8, 4) is 11.3 Å². The first-order valence-corrected chi connectivity index (χ1v) is 17.1. The molecule has 0 aliphatic heterocycles. The van der Waals surface area contributed by atoms with Crippen molar-refractivity contribution in [1.29, 1.82) is 0 Å². The van der Waals surface area contributed by atoms with Crippen molar-refractivity contribution in [2.45, 2.75) is 24.0 Å². The molecule has 0 saturated carbocycles. The van der Waals surface area contributed by atoms with Crippen LogP contribution in [0.5, 0.6) is 0 Å². The molecule has 7 nitrogen and oxygen atoms in total. The maximum absolute atomic E-state index is 13.7. The number of carbonyl (C=O) groups is 3. The Balaban J connectivity index is 1.16. The second-order valence-corrected chi connectivity index (χ2v) is 13.4. The molecule has 3 amide bonds. The molecule has 48 heavy (non-hydrogen) atoms. The Morgan fingerprint density at radius 1 is 0.812 bits per heavy atom. The number of thioether (sulfide) groups is 1. The fourth-order valence-corrected chi connectivity index (χ4v) is 6.62. The van der Waals surface area contributed by atoms with E-state index in [0.29, 0.717) is 16.4 Å². The molecular weight excluding hydrogens is 637 g/mol. The zero-order valence-corrected chi connectivity index (χ0v) is 27.9. The Kier molecular flexibility index (Phi) is 10.1. The molecule has 1 atom stereocenters. The van der Waals surface area contributed by atoms with Gasteiger partial charge in [0.1, 0.15) is 5.70 Å². The van der Waals surface area contributed by atoms with E-state index < -0.39 is 17.1 Å². The van der Waals surface area contributed by atoms with Crippen LogP contribution < -0.4 is 16.0 Å². The standard InChI is InChI=1S/C39H32N4O3S2/c1-25-18-20-28(21-19-25)35-24-47-39(42-35)43-36(44)26(2)48-32-16-9-15-31(23-32)40-38(46)34(41-37(45)29-11-4-3-5-12-29)22-30-14-8-13-27-10-6-7-17-33(27)30/h3-24,26H,1-2H3,(H,40,46)(H,41,45)(H,42,43,44)/b34-22+. The van der Waals surface area contributed by atoms with Gasteiger partial charge in [0.15, 0.2) is 5.13 Å². The summed E-state index contributed by atoms with van der Waals surface area (Å²) in [6.07, 6.45) is 1.69. The van der Waals surface area contributed by atoms with Gasteiger partial charge in [-0.2, -0.15) is 0 Å². The molecule has 3 N–H and O–H groups in total. The average Bonchev–Trinajstić information content (AvgIpc) is 3.57. The van der Waals surface area contributed by atoms with E-state index in [0.717, 1.165) is 32.5 Å². The SMILES string of the molecule is Cc1ccc(-c2csc(NC(=O)C(C)Sc3cccc(NC(=O)/C(=C\c4cccc5ccccc45)NC(=O)c4ccccc4)c3)n2)cc1. The van der Waals surface area contributed by atoms with Gasteiger partial charge in [0.05, 0.1) is 10.9 Å². The van der Waals surface area contributed by atoms with Crippen LogP contribution in [0.3, 0.4) is 0 Å². The van der Waals surface area contributed by atoms with Crippen LogP contribution in [0.1, 0.15) is 28.4 Å². The Bertz CT molecular complexity index is 2120. The number of amides is 3. The Morgan fingerprint density at radius 3 is 2.35 bits per heavy atom. The maximum Gasteiger partial charge on any atom is 0.272 e. The van der Waals surface area contributed by atoms with Crippen LogP contribution in [0.2, 0.25) is 0 Å². The van der Waals surface area contributed by atoms with Crippen molar-refractivity contribution >= 4 is 68.5 Å². The largest absolute Gasteiger partial charge is 0.321 e. The summed E-state index contributed by atoms with van der Waals surface area (Å²) in [6.45, 7) is 3.86. The fourth-order valence-electron chi connectivity index (χ4n) is 4.97. The van der Waals surface area contributed by atoms with Crippen LogP contribution in [0, 0.1) is 6.92 Å². The van der Waals surface area contributed by atoms with E-state index in [1.165, 1.54) is 28.7 Å². The van der Waals surface area contributed by atoms with Gasteiger partial charge in [-0.25, -0.2) is 4.98 Å². The van der Waals surface area contributed by atoms with Crippen molar-refractivity contribution in [2.75, 3.05) is 10.6 Å². The molecule has 238 valence electrons. The number of hydrogen-bond donors (Lipinski definition) is 3. The predicted octanol–water partition coefficient (Wildman–Crippen LogP) is 8.80. The lowest BCUT2D eigenvalue weighted by atomic mass is 10.0. The van der Waals surface area contributed by atoms with E-state index in [9.17, 15) is 14.4 Å². The molecule has 1 aromatic heterocycles. The lowest BCUT2D eigenvalue weighted by Crippen LogP contribution is -2.30. The number of benzene rings is 5. The Hall–Kier alpha value is -5.51. The Labute approximate surface area is 287 Å². The Morgan fingerprint density at radius 2 is 1.54 bits per heavy atom. The number of nitrogens with zero attached hydrogens (tertiary/aromatic N) is 1. The molecule has 0 saturated heterocycles. The number of rotatable bonds is 10. The quantitative estimate of drug-likeness (QED) is 0.100. The van der Waals surface area contributed by atoms with Gasteiger partial charge in [0.25, 0.3) is 11.8 Å². The van der Waals surface area contributed by atoms with Gasteiger partial charge in [-0.05, 0) is 66.6 Å². The summed E-state index contributed by atoms with van der Waals surface area (Å²) in [5.41, 5.74) is 4.83. The molecule has 0 bridgehead atoms. The van der Waals surface area contributed by atoms with Gasteiger partial charge >= 0.3 is 0 Å². The molecule has 0 aliphatic carbocycles. The summed E-state index contributed by atoms with van der Waals surface area (Å²) in [7, 11) is 0. The van der Waals surface area contributed by atoms with Crippen molar-refractivity contribution in [2.24, 2.45) is 0 Å². The third kappa shape index (κ3) is 8.06. The van der Waals surface area contributed by atoms with Crippen molar-refractivity contribution in [1.82, 2.24) is 10.3 Å². The predicted molar refractivity (Wildman–Crippen MR) is 197 cm³/mol. The van der Waals surface area contributed by atoms with Gasteiger partial charge in [-0.1, -0.05) is 96.6 Å². The number of nitrogens with one attached hydrogen (secondary N) is 3. The number of aryl methyl sites for hydroxylation is 1.